The van der Waals surface area contributed by atoms with Crippen molar-refractivity contribution in [1.29, 1.82) is 0 Å². The molecule has 5 nitrogen and oxygen atoms in total. The van der Waals surface area contributed by atoms with Gasteiger partial charge in [-0.3, -0.25) is 0 Å². The lowest BCUT2D eigenvalue weighted by molar-refractivity contribution is 0.322. The van der Waals surface area contributed by atoms with Crippen LogP contribution in [0.25, 0.3) is 0 Å². The quantitative estimate of drug-likeness (QED) is 0.765. The van der Waals surface area contributed by atoms with E-state index in [1.54, 1.807) is 12.4 Å². The lowest BCUT2D eigenvalue weighted by Gasteiger charge is -2.20. The van der Waals surface area contributed by atoms with Gasteiger partial charge in [-0.2, -0.15) is 0 Å². The van der Waals surface area contributed by atoms with Gasteiger partial charge in [0.15, 0.2) is 5.82 Å². The predicted molar refractivity (Wildman–Crippen MR) is 72.1 cm³/mol. The second-order valence-electron chi connectivity index (χ2n) is 4.28. The van der Waals surface area contributed by atoms with E-state index in [0.29, 0.717) is 17.6 Å². The van der Waals surface area contributed by atoms with E-state index in [-0.39, 0.29) is 4.99 Å². The lowest BCUT2D eigenvalue weighted by Crippen LogP contribution is -2.32. The van der Waals surface area contributed by atoms with Crippen LogP contribution >= 0.6 is 12.2 Å². The Balaban J connectivity index is 2.01. The maximum atomic E-state index is 5.60. The number of likely N-dealkylation sites (N-methyl/N-ethyl adjacent to an activating group) is 1. The van der Waals surface area contributed by atoms with Gasteiger partial charge >= 0.3 is 0 Å². The van der Waals surface area contributed by atoms with Crippen LogP contribution in [0.15, 0.2) is 12.4 Å². The zero-order chi connectivity index (χ0) is 12.3. The van der Waals surface area contributed by atoms with Crippen LogP contribution in [-0.4, -0.2) is 46.0 Å². The second-order valence-corrected chi connectivity index (χ2v) is 4.72. The lowest BCUT2D eigenvalue weighted by atomic mass is 10.2. The van der Waals surface area contributed by atoms with Crippen LogP contribution in [0, 0.1) is 0 Å². The number of hydrogen-bond acceptors (Lipinski definition) is 5. The molecule has 1 saturated heterocycles. The number of hydrogen-bond donors (Lipinski definition) is 2. The van der Waals surface area contributed by atoms with Gasteiger partial charge in [-0.25, -0.2) is 9.97 Å². The molecule has 1 aromatic heterocycles. The first-order valence-corrected chi connectivity index (χ1v) is 6.14. The Morgan fingerprint density at radius 3 is 3.00 bits per heavy atom. The summed E-state index contributed by atoms with van der Waals surface area (Å²) in [6, 6.07) is 0.552. The highest BCUT2D eigenvalue weighted by molar-refractivity contribution is 7.80. The number of rotatable bonds is 4. The van der Waals surface area contributed by atoms with Crippen LogP contribution in [0.1, 0.15) is 18.5 Å². The largest absolute Gasteiger partial charge is 0.388 e. The van der Waals surface area contributed by atoms with Crippen LogP contribution in [0.2, 0.25) is 0 Å². The maximum Gasteiger partial charge on any atom is 0.155 e. The fraction of sp³-hybridized carbons (Fsp3) is 0.545. The molecule has 0 spiro atoms. The van der Waals surface area contributed by atoms with E-state index in [0.717, 1.165) is 13.1 Å². The molecule has 0 amide bonds. The number of nitrogens with zero attached hydrogens (tertiary/aromatic N) is 3. The smallest absolute Gasteiger partial charge is 0.155 e. The van der Waals surface area contributed by atoms with Gasteiger partial charge in [0.05, 0.1) is 0 Å². The van der Waals surface area contributed by atoms with E-state index in [9.17, 15) is 0 Å². The van der Waals surface area contributed by atoms with E-state index in [2.05, 4.69) is 27.2 Å². The van der Waals surface area contributed by atoms with Gasteiger partial charge in [-0.05, 0) is 26.4 Å². The first-order valence-electron chi connectivity index (χ1n) is 5.73. The van der Waals surface area contributed by atoms with E-state index >= 15 is 0 Å². The average Bonchev–Trinajstić information content (AvgIpc) is 2.72. The minimum absolute atomic E-state index is 0.278. The van der Waals surface area contributed by atoms with Crippen molar-refractivity contribution in [3.8, 4) is 0 Å². The van der Waals surface area contributed by atoms with Crippen molar-refractivity contribution < 1.29 is 0 Å². The van der Waals surface area contributed by atoms with Crippen molar-refractivity contribution in [2.24, 2.45) is 5.73 Å². The molecule has 0 bridgehead atoms. The van der Waals surface area contributed by atoms with Crippen molar-refractivity contribution in [2.75, 3.05) is 25.5 Å². The summed E-state index contributed by atoms with van der Waals surface area (Å²) in [7, 11) is 2.14. The third-order valence-corrected chi connectivity index (χ3v) is 3.30. The highest BCUT2D eigenvalue weighted by Crippen LogP contribution is 2.16. The molecular formula is C11H17N5S. The molecule has 0 aromatic carbocycles. The average molecular weight is 251 g/mol. The van der Waals surface area contributed by atoms with Crippen LogP contribution in [0.5, 0.6) is 0 Å². The Bertz CT molecular complexity index is 409. The van der Waals surface area contributed by atoms with Crippen LogP contribution < -0.4 is 11.1 Å². The molecule has 0 aliphatic carbocycles. The predicted octanol–water partition coefficient (Wildman–Crippen LogP) is 0.617. The number of likely N-dealkylation sites (tertiary alicyclic amines) is 1. The molecule has 1 aromatic rings. The third kappa shape index (κ3) is 2.89. The van der Waals surface area contributed by atoms with Crippen molar-refractivity contribution in [1.82, 2.24) is 14.9 Å². The molecule has 1 atom stereocenters. The first-order chi connectivity index (χ1) is 8.18. The van der Waals surface area contributed by atoms with Crippen molar-refractivity contribution in [2.45, 2.75) is 18.9 Å². The highest BCUT2D eigenvalue weighted by Gasteiger charge is 2.21. The molecule has 6 heteroatoms. The summed E-state index contributed by atoms with van der Waals surface area (Å²) in [4.78, 5) is 11.0. The van der Waals surface area contributed by atoms with E-state index in [1.165, 1.54) is 12.8 Å². The molecule has 0 saturated carbocycles. The van der Waals surface area contributed by atoms with Gasteiger partial charge in [-0.1, -0.05) is 12.2 Å². The Hall–Kier alpha value is -1.27. The van der Waals surface area contributed by atoms with Gasteiger partial charge in [-0.15, -0.1) is 0 Å². The summed E-state index contributed by atoms with van der Waals surface area (Å²) in [5.74, 6) is 0.681. The zero-order valence-electron chi connectivity index (χ0n) is 9.89. The highest BCUT2D eigenvalue weighted by atomic mass is 32.1. The first kappa shape index (κ1) is 12.2. The van der Waals surface area contributed by atoms with Crippen LogP contribution in [0.3, 0.4) is 0 Å². The Morgan fingerprint density at radius 1 is 1.59 bits per heavy atom. The van der Waals surface area contributed by atoms with Gasteiger partial charge < -0.3 is 16.0 Å². The van der Waals surface area contributed by atoms with E-state index < -0.39 is 0 Å². The number of nitrogens with one attached hydrogen (secondary N) is 1. The van der Waals surface area contributed by atoms with Gasteiger partial charge in [0.2, 0.25) is 0 Å². The molecule has 0 radical (unpaired) electrons. The maximum absolute atomic E-state index is 5.60. The minimum atomic E-state index is 0.278. The van der Waals surface area contributed by atoms with Crippen molar-refractivity contribution in [3.05, 3.63) is 18.1 Å². The molecule has 17 heavy (non-hydrogen) atoms. The zero-order valence-corrected chi connectivity index (χ0v) is 10.7. The topological polar surface area (TPSA) is 67.1 Å². The standard InChI is InChI=1S/C11H17N5S/c1-16-6-2-3-8(16)7-15-11-9(10(12)17)13-4-5-14-11/h4-5,8H,2-3,6-7H2,1H3,(H2,12,17)(H,14,15). The van der Waals surface area contributed by atoms with Crippen molar-refractivity contribution in [3.63, 3.8) is 0 Å². The summed E-state index contributed by atoms with van der Waals surface area (Å²) in [5.41, 5.74) is 6.18. The third-order valence-electron chi connectivity index (χ3n) is 3.11. The number of thiocarbonyl (C=S) groups is 1. The molecule has 92 valence electrons. The fourth-order valence-corrected chi connectivity index (χ4v) is 2.25. The summed E-state index contributed by atoms with van der Waals surface area (Å²) in [6.07, 6.45) is 5.71. The molecule has 3 N–H and O–H groups in total. The number of nitrogens with two attached hydrogens (primary N) is 1. The van der Waals surface area contributed by atoms with E-state index in [1.807, 2.05) is 0 Å². The number of aromatic nitrogens is 2. The number of anilines is 1. The van der Waals surface area contributed by atoms with Gasteiger partial charge in [0.1, 0.15) is 10.7 Å². The van der Waals surface area contributed by atoms with E-state index in [4.69, 9.17) is 18.0 Å². The summed E-state index contributed by atoms with van der Waals surface area (Å²) in [5, 5.41) is 3.28. The summed E-state index contributed by atoms with van der Waals surface area (Å²) >= 11 is 4.95. The Morgan fingerprint density at radius 2 is 2.35 bits per heavy atom. The van der Waals surface area contributed by atoms with Gasteiger partial charge in [0, 0.05) is 25.0 Å². The summed E-state index contributed by atoms with van der Waals surface area (Å²) < 4.78 is 0. The Labute approximate surface area is 106 Å². The van der Waals surface area contributed by atoms with Gasteiger partial charge in [0.25, 0.3) is 0 Å². The minimum Gasteiger partial charge on any atom is -0.388 e. The van der Waals surface area contributed by atoms with Crippen LogP contribution in [0.4, 0.5) is 5.82 Å². The molecule has 1 unspecified atom stereocenters. The molecule has 1 fully saturated rings. The molecule has 2 heterocycles. The SMILES string of the molecule is CN1CCCC1CNc1nccnc1C(N)=S. The Kier molecular flexibility index (Phi) is 3.86. The normalized spacial score (nSPS) is 20.4. The summed E-state index contributed by atoms with van der Waals surface area (Å²) in [6.45, 7) is 2.01. The van der Waals surface area contributed by atoms with Crippen LogP contribution in [-0.2, 0) is 0 Å². The molecule has 2 rings (SSSR count). The molecular weight excluding hydrogens is 234 g/mol. The fourth-order valence-electron chi connectivity index (χ4n) is 2.10. The molecule has 1 aliphatic rings. The molecule has 1 aliphatic heterocycles. The second kappa shape index (κ2) is 5.37. The monoisotopic (exact) mass is 251 g/mol. The van der Waals surface area contributed by atoms with Crippen molar-refractivity contribution >= 4 is 23.0 Å².